The number of likely N-dealkylation sites (tertiary alicyclic amines) is 1. The fourth-order valence-corrected chi connectivity index (χ4v) is 3.02. The van der Waals surface area contributed by atoms with Gasteiger partial charge in [-0.2, -0.15) is 0 Å². The summed E-state index contributed by atoms with van der Waals surface area (Å²) in [7, 11) is 0. The zero-order valence-corrected chi connectivity index (χ0v) is 12.4. The molecule has 0 saturated carbocycles. The molecular weight excluding hydrogens is 278 g/mol. The minimum atomic E-state index is -0.767. The van der Waals surface area contributed by atoms with Crippen molar-refractivity contribution in [3.8, 4) is 0 Å². The van der Waals surface area contributed by atoms with Crippen molar-refractivity contribution in [2.24, 2.45) is 5.92 Å². The van der Waals surface area contributed by atoms with E-state index in [4.69, 9.17) is 5.11 Å². The fraction of sp³-hybridized carbons (Fsp3) is 0.615. The van der Waals surface area contributed by atoms with Gasteiger partial charge >= 0.3 is 12.0 Å². The molecule has 6 nitrogen and oxygen atoms in total. The molecule has 0 radical (unpaired) electrons. The Morgan fingerprint density at radius 3 is 2.65 bits per heavy atom. The second-order valence-corrected chi connectivity index (χ2v) is 6.35. The van der Waals surface area contributed by atoms with Crippen LogP contribution in [0.1, 0.15) is 35.7 Å². The van der Waals surface area contributed by atoms with Crippen LogP contribution in [0.25, 0.3) is 0 Å². The van der Waals surface area contributed by atoms with Crippen LogP contribution < -0.4 is 5.32 Å². The highest BCUT2D eigenvalue weighted by atomic mass is 32.1. The van der Waals surface area contributed by atoms with Gasteiger partial charge in [-0.05, 0) is 26.7 Å². The Hall–Kier alpha value is -1.63. The maximum Gasteiger partial charge on any atom is 0.317 e. The van der Waals surface area contributed by atoms with E-state index >= 15 is 0 Å². The monoisotopic (exact) mass is 297 g/mol. The standard InChI is InChI=1S/C13H19N3O3S/c1-8-7-14-11(20-8)9(2)15-13(19)16-5-3-10(4-6-16)12(17)18/h7,9-10H,3-6H2,1-2H3,(H,15,19)(H,17,18). The van der Waals surface area contributed by atoms with Crippen molar-refractivity contribution in [3.05, 3.63) is 16.1 Å². The number of carboxylic acids is 1. The number of aliphatic carboxylic acids is 1. The van der Waals surface area contributed by atoms with Crippen LogP contribution in [0.5, 0.6) is 0 Å². The van der Waals surface area contributed by atoms with E-state index in [-0.39, 0.29) is 18.0 Å². The Morgan fingerprint density at radius 1 is 1.50 bits per heavy atom. The molecule has 1 atom stereocenters. The van der Waals surface area contributed by atoms with Crippen molar-refractivity contribution in [3.63, 3.8) is 0 Å². The number of rotatable bonds is 3. The molecule has 20 heavy (non-hydrogen) atoms. The number of thiazole rings is 1. The molecule has 7 heteroatoms. The largest absolute Gasteiger partial charge is 0.481 e. The number of aryl methyl sites for hydroxylation is 1. The first-order valence-electron chi connectivity index (χ1n) is 6.68. The topological polar surface area (TPSA) is 82.5 Å². The average molecular weight is 297 g/mol. The second-order valence-electron chi connectivity index (χ2n) is 5.08. The predicted octanol–water partition coefficient (Wildman–Crippen LogP) is 2.02. The van der Waals surface area contributed by atoms with Crippen molar-refractivity contribution >= 4 is 23.3 Å². The number of piperidine rings is 1. The molecule has 1 unspecified atom stereocenters. The SMILES string of the molecule is Cc1cnc(C(C)NC(=O)N2CCC(C(=O)O)CC2)s1. The fourth-order valence-electron chi connectivity index (χ4n) is 2.24. The molecular formula is C13H19N3O3S. The molecule has 1 fully saturated rings. The lowest BCUT2D eigenvalue weighted by atomic mass is 9.97. The first-order valence-corrected chi connectivity index (χ1v) is 7.49. The highest BCUT2D eigenvalue weighted by Crippen LogP contribution is 2.21. The van der Waals surface area contributed by atoms with Gasteiger partial charge < -0.3 is 15.3 Å². The van der Waals surface area contributed by atoms with Gasteiger partial charge in [-0.3, -0.25) is 4.79 Å². The Balaban J connectivity index is 1.85. The third-order valence-electron chi connectivity index (χ3n) is 3.48. The summed E-state index contributed by atoms with van der Waals surface area (Å²) in [4.78, 5) is 30.0. The summed E-state index contributed by atoms with van der Waals surface area (Å²) >= 11 is 1.57. The summed E-state index contributed by atoms with van der Waals surface area (Å²) in [6.07, 6.45) is 2.84. The summed E-state index contributed by atoms with van der Waals surface area (Å²) in [6, 6.07) is -0.271. The van der Waals surface area contributed by atoms with E-state index in [9.17, 15) is 9.59 Å². The highest BCUT2D eigenvalue weighted by Gasteiger charge is 2.27. The maximum absolute atomic E-state index is 12.1. The number of amides is 2. The van der Waals surface area contributed by atoms with Crippen LogP contribution in [0.2, 0.25) is 0 Å². The number of hydrogen-bond donors (Lipinski definition) is 2. The van der Waals surface area contributed by atoms with Gasteiger partial charge in [0.1, 0.15) is 5.01 Å². The van der Waals surface area contributed by atoms with E-state index in [1.807, 2.05) is 13.8 Å². The van der Waals surface area contributed by atoms with Gasteiger partial charge in [0.15, 0.2) is 0 Å². The number of nitrogens with zero attached hydrogens (tertiary/aromatic N) is 2. The first kappa shape index (κ1) is 14.8. The third kappa shape index (κ3) is 3.47. The minimum Gasteiger partial charge on any atom is -0.481 e. The van der Waals surface area contributed by atoms with E-state index in [0.29, 0.717) is 25.9 Å². The smallest absolute Gasteiger partial charge is 0.317 e. The van der Waals surface area contributed by atoms with Crippen LogP contribution in [0.15, 0.2) is 6.20 Å². The molecule has 0 bridgehead atoms. The van der Waals surface area contributed by atoms with Gasteiger partial charge in [-0.25, -0.2) is 9.78 Å². The number of hydrogen-bond acceptors (Lipinski definition) is 4. The number of carbonyl (C=O) groups is 2. The normalized spacial score (nSPS) is 17.8. The van der Waals surface area contributed by atoms with Crippen LogP contribution in [0, 0.1) is 12.8 Å². The number of aromatic nitrogens is 1. The molecule has 110 valence electrons. The molecule has 2 heterocycles. The highest BCUT2D eigenvalue weighted by molar-refractivity contribution is 7.11. The Morgan fingerprint density at radius 2 is 2.15 bits per heavy atom. The van der Waals surface area contributed by atoms with Gasteiger partial charge in [0.2, 0.25) is 0 Å². The van der Waals surface area contributed by atoms with Crippen molar-refractivity contribution in [1.82, 2.24) is 15.2 Å². The van der Waals surface area contributed by atoms with Crippen LogP contribution in [0.4, 0.5) is 4.79 Å². The number of carboxylic acid groups (broad SMARTS) is 1. The van der Waals surface area contributed by atoms with Crippen molar-refractivity contribution in [2.75, 3.05) is 13.1 Å². The van der Waals surface area contributed by atoms with Crippen molar-refractivity contribution in [2.45, 2.75) is 32.7 Å². The van der Waals surface area contributed by atoms with Crippen LogP contribution in [0.3, 0.4) is 0 Å². The van der Waals surface area contributed by atoms with Crippen LogP contribution in [-0.2, 0) is 4.79 Å². The van der Waals surface area contributed by atoms with E-state index in [2.05, 4.69) is 10.3 Å². The zero-order chi connectivity index (χ0) is 14.7. The average Bonchev–Trinajstić information content (AvgIpc) is 2.85. The Kier molecular flexibility index (Phi) is 4.59. The second kappa shape index (κ2) is 6.21. The van der Waals surface area contributed by atoms with Crippen molar-refractivity contribution < 1.29 is 14.7 Å². The molecule has 1 aromatic heterocycles. The minimum absolute atomic E-state index is 0.126. The van der Waals surface area contributed by atoms with Crippen LogP contribution in [-0.4, -0.2) is 40.1 Å². The maximum atomic E-state index is 12.1. The van der Waals surface area contributed by atoms with Gasteiger partial charge in [0.25, 0.3) is 0 Å². The number of carbonyl (C=O) groups excluding carboxylic acids is 1. The third-order valence-corrected chi connectivity index (χ3v) is 4.58. The molecule has 1 aliphatic heterocycles. The van der Waals surface area contributed by atoms with E-state index in [0.717, 1.165) is 9.88 Å². The lowest BCUT2D eigenvalue weighted by molar-refractivity contribution is -0.143. The Labute approximate surface area is 121 Å². The summed E-state index contributed by atoms with van der Waals surface area (Å²) in [5.41, 5.74) is 0. The van der Waals surface area contributed by atoms with Gasteiger partial charge in [0.05, 0.1) is 12.0 Å². The molecule has 2 N–H and O–H groups in total. The van der Waals surface area contributed by atoms with E-state index in [1.165, 1.54) is 0 Å². The molecule has 0 aromatic carbocycles. The molecule has 0 aliphatic carbocycles. The van der Waals surface area contributed by atoms with Crippen LogP contribution >= 0.6 is 11.3 Å². The molecule has 1 aromatic rings. The van der Waals surface area contributed by atoms with E-state index < -0.39 is 5.97 Å². The summed E-state index contributed by atoms with van der Waals surface area (Å²) < 4.78 is 0. The molecule has 1 saturated heterocycles. The molecule has 2 rings (SSSR count). The predicted molar refractivity (Wildman–Crippen MR) is 75.7 cm³/mol. The van der Waals surface area contributed by atoms with Gasteiger partial charge in [-0.1, -0.05) is 0 Å². The number of nitrogens with one attached hydrogen (secondary N) is 1. The zero-order valence-electron chi connectivity index (χ0n) is 11.6. The summed E-state index contributed by atoms with van der Waals surface area (Å²) in [6.45, 7) is 4.87. The lowest BCUT2D eigenvalue weighted by Gasteiger charge is -2.31. The molecule has 0 spiro atoms. The molecule has 1 aliphatic rings. The quantitative estimate of drug-likeness (QED) is 0.894. The summed E-state index contributed by atoms with van der Waals surface area (Å²) in [5, 5.41) is 12.7. The Bertz CT molecular complexity index is 495. The van der Waals surface area contributed by atoms with E-state index in [1.54, 1.807) is 22.4 Å². The lowest BCUT2D eigenvalue weighted by Crippen LogP contribution is -2.46. The van der Waals surface area contributed by atoms with Crippen molar-refractivity contribution in [1.29, 1.82) is 0 Å². The first-order chi connectivity index (χ1) is 9.47. The molecule has 2 amide bonds. The summed E-state index contributed by atoms with van der Waals surface area (Å²) in [5.74, 6) is -1.09. The number of urea groups is 1. The van der Waals surface area contributed by atoms with Gasteiger partial charge in [-0.15, -0.1) is 11.3 Å². The van der Waals surface area contributed by atoms with Gasteiger partial charge in [0, 0.05) is 24.2 Å².